The van der Waals surface area contributed by atoms with E-state index >= 15 is 0 Å². The smallest absolute Gasteiger partial charge is 0.0714 e. The molecule has 0 fully saturated rings. The summed E-state index contributed by atoms with van der Waals surface area (Å²) in [6, 6.07) is 9.48. The van der Waals surface area contributed by atoms with Gasteiger partial charge in [-0.05, 0) is 30.3 Å². The molecule has 3 rings (SSSR count). The molecule has 4 heteroatoms. The van der Waals surface area contributed by atoms with Crippen molar-refractivity contribution in [2.75, 3.05) is 5.73 Å². The van der Waals surface area contributed by atoms with E-state index in [2.05, 4.69) is 9.97 Å². The van der Waals surface area contributed by atoms with Gasteiger partial charge in [0.1, 0.15) is 0 Å². The molecule has 2 heterocycles. The number of rotatable bonds is 1. The number of fused-ring (bicyclic) bond motifs is 1. The van der Waals surface area contributed by atoms with E-state index in [0.29, 0.717) is 10.7 Å². The Bertz CT molecular complexity index is 674. The minimum Gasteiger partial charge on any atom is -0.396 e. The molecule has 17 heavy (non-hydrogen) atoms. The maximum atomic E-state index is 6.12. The summed E-state index contributed by atoms with van der Waals surface area (Å²) in [6.07, 6.45) is 3.52. The number of benzene rings is 1. The third-order valence-corrected chi connectivity index (χ3v) is 2.99. The fraction of sp³-hybridized carbons (Fsp3) is 0. The first-order valence-electron chi connectivity index (χ1n) is 5.23. The molecule has 0 saturated carbocycles. The minimum atomic E-state index is 0.681. The molecule has 0 aliphatic carbocycles. The first-order chi connectivity index (χ1) is 8.25. The summed E-state index contributed by atoms with van der Waals surface area (Å²) in [6.45, 7) is 0. The Kier molecular flexibility index (Phi) is 2.27. The Morgan fingerprint density at radius 2 is 2.12 bits per heavy atom. The van der Waals surface area contributed by atoms with Crippen molar-refractivity contribution in [3.05, 3.63) is 47.7 Å². The van der Waals surface area contributed by atoms with E-state index in [1.54, 1.807) is 12.4 Å². The second kappa shape index (κ2) is 3.79. The number of H-pyrrole nitrogens is 1. The average molecular weight is 244 g/mol. The number of nitrogens with zero attached hydrogens (tertiary/aromatic N) is 1. The Morgan fingerprint density at radius 1 is 1.24 bits per heavy atom. The molecule has 3 N–H and O–H groups in total. The Balaban J connectivity index is 2.28. The maximum absolute atomic E-state index is 6.12. The van der Waals surface area contributed by atoms with E-state index in [1.165, 1.54) is 0 Å². The third-order valence-electron chi connectivity index (χ3n) is 2.75. The Hall–Kier alpha value is -2.00. The monoisotopic (exact) mass is 243 g/mol. The van der Waals surface area contributed by atoms with Gasteiger partial charge in [0.15, 0.2) is 0 Å². The lowest BCUT2D eigenvalue weighted by Gasteiger charge is -1.98. The van der Waals surface area contributed by atoms with Gasteiger partial charge in [0.25, 0.3) is 0 Å². The van der Waals surface area contributed by atoms with E-state index < -0.39 is 0 Å². The number of aromatic amines is 1. The number of nitrogens with two attached hydrogens (primary N) is 1. The number of nitrogens with one attached hydrogen (secondary N) is 1. The van der Waals surface area contributed by atoms with Crippen molar-refractivity contribution >= 4 is 28.2 Å². The number of anilines is 1. The number of halogens is 1. The highest BCUT2D eigenvalue weighted by molar-refractivity contribution is 6.31. The third kappa shape index (κ3) is 1.65. The molecule has 2 aromatic heterocycles. The molecule has 0 spiro atoms. The summed E-state index contributed by atoms with van der Waals surface area (Å²) in [5.41, 5.74) is 9.66. The normalized spacial score (nSPS) is 10.9. The topological polar surface area (TPSA) is 54.7 Å². The predicted molar refractivity (Wildman–Crippen MR) is 71.0 cm³/mol. The van der Waals surface area contributed by atoms with Crippen LogP contribution in [0.1, 0.15) is 0 Å². The summed E-state index contributed by atoms with van der Waals surface area (Å²) in [7, 11) is 0. The van der Waals surface area contributed by atoms with Crippen LogP contribution in [-0.4, -0.2) is 9.97 Å². The fourth-order valence-corrected chi connectivity index (χ4v) is 2.10. The number of nitrogen functional groups attached to an aromatic ring is 1. The first-order valence-corrected chi connectivity index (χ1v) is 5.60. The number of hydrogen-bond donors (Lipinski definition) is 2. The van der Waals surface area contributed by atoms with Crippen molar-refractivity contribution in [2.24, 2.45) is 0 Å². The highest BCUT2D eigenvalue weighted by Crippen LogP contribution is 2.33. The molecule has 0 radical (unpaired) electrons. The summed E-state index contributed by atoms with van der Waals surface area (Å²) in [4.78, 5) is 7.37. The van der Waals surface area contributed by atoms with Crippen LogP contribution in [0, 0.1) is 0 Å². The standard InChI is InChI=1S/C13H10ClN3/c14-9-3-4-11-10(6-9)12(15)13(17-11)8-2-1-5-16-7-8/h1-7,17H,15H2. The van der Waals surface area contributed by atoms with E-state index in [9.17, 15) is 0 Å². The van der Waals surface area contributed by atoms with Crippen molar-refractivity contribution in [3.8, 4) is 11.3 Å². The van der Waals surface area contributed by atoms with Gasteiger partial charge in [-0.25, -0.2) is 0 Å². The van der Waals surface area contributed by atoms with Gasteiger partial charge < -0.3 is 10.7 Å². The van der Waals surface area contributed by atoms with Gasteiger partial charge in [-0.1, -0.05) is 11.6 Å². The van der Waals surface area contributed by atoms with Crippen LogP contribution in [0.2, 0.25) is 5.02 Å². The van der Waals surface area contributed by atoms with Crippen LogP contribution >= 0.6 is 11.6 Å². The molecular weight excluding hydrogens is 234 g/mol. The Labute approximate surface area is 103 Å². The van der Waals surface area contributed by atoms with Crippen molar-refractivity contribution in [3.63, 3.8) is 0 Å². The van der Waals surface area contributed by atoms with Crippen molar-refractivity contribution in [1.29, 1.82) is 0 Å². The highest BCUT2D eigenvalue weighted by Gasteiger charge is 2.10. The lowest BCUT2D eigenvalue weighted by atomic mass is 10.1. The molecule has 84 valence electrons. The lowest BCUT2D eigenvalue weighted by molar-refractivity contribution is 1.31. The zero-order valence-electron chi connectivity index (χ0n) is 8.94. The van der Waals surface area contributed by atoms with Gasteiger partial charge in [-0.3, -0.25) is 4.98 Å². The minimum absolute atomic E-state index is 0.681. The summed E-state index contributed by atoms with van der Waals surface area (Å²) in [5, 5.41) is 1.62. The summed E-state index contributed by atoms with van der Waals surface area (Å²) >= 11 is 5.96. The van der Waals surface area contributed by atoms with Gasteiger partial charge in [-0.2, -0.15) is 0 Å². The number of hydrogen-bond acceptors (Lipinski definition) is 2. The zero-order chi connectivity index (χ0) is 11.8. The van der Waals surface area contributed by atoms with E-state index in [0.717, 1.165) is 22.2 Å². The summed E-state index contributed by atoms with van der Waals surface area (Å²) < 4.78 is 0. The second-order valence-electron chi connectivity index (χ2n) is 3.85. The molecule has 0 bridgehead atoms. The molecule has 0 aliphatic heterocycles. The summed E-state index contributed by atoms with van der Waals surface area (Å²) in [5.74, 6) is 0. The van der Waals surface area contributed by atoms with Crippen molar-refractivity contribution < 1.29 is 0 Å². The maximum Gasteiger partial charge on any atom is 0.0714 e. The highest BCUT2D eigenvalue weighted by atomic mass is 35.5. The molecule has 0 saturated heterocycles. The van der Waals surface area contributed by atoms with Crippen LogP contribution in [0.4, 0.5) is 5.69 Å². The van der Waals surface area contributed by atoms with Gasteiger partial charge in [0.2, 0.25) is 0 Å². The quantitative estimate of drug-likeness (QED) is 0.688. The molecule has 3 nitrogen and oxygen atoms in total. The van der Waals surface area contributed by atoms with E-state index in [1.807, 2.05) is 30.3 Å². The van der Waals surface area contributed by atoms with Crippen LogP contribution in [0.5, 0.6) is 0 Å². The molecule has 0 atom stereocenters. The average Bonchev–Trinajstić information content (AvgIpc) is 2.68. The fourth-order valence-electron chi connectivity index (χ4n) is 1.92. The first kappa shape index (κ1) is 10.2. The lowest BCUT2D eigenvalue weighted by Crippen LogP contribution is -1.87. The molecular formula is C13H10ClN3. The zero-order valence-corrected chi connectivity index (χ0v) is 9.70. The van der Waals surface area contributed by atoms with Gasteiger partial charge >= 0.3 is 0 Å². The van der Waals surface area contributed by atoms with Crippen LogP contribution < -0.4 is 5.73 Å². The van der Waals surface area contributed by atoms with Crippen molar-refractivity contribution in [2.45, 2.75) is 0 Å². The number of aromatic nitrogens is 2. The van der Waals surface area contributed by atoms with Gasteiger partial charge in [-0.15, -0.1) is 0 Å². The van der Waals surface area contributed by atoms with Crippen molar-refractivity contribution in [1.82, 2.24) is 9.97 Å². The largest absolute Gasteiger partial charge is 0.396 e. The molecule has 3 aromatic rings. The second-order valence-corrected chi connectivity index (χ2v) is 4.28. The van der Waals surface area contributed by atoms with Crippen LogP contribution in [0.3, 0.4) is 0 Å². The van der Waals surface area contributed by atoms with Gasteiger partial charge in [0.05, 0.1) is 11.4 Å². The molecule has 1 aromatic carbocycles. The molecule has 0 amide bonds. The van der Waals surface area contributed by atoms with Crippen LogP contribution in [-0.2, 0) is 0 Å². The van der Waals surface area contributed by atoms with E-state index in [4.69, 9.17) is 17.3 Å². The van der Waals surface area contributed by atoms with E-state index in [-0.39, 0.29) is 0 Å². The van der Waals surface area contributed by atoms with Crippen LogP contribution in [0.25, 0.3) is 22.2 Å². The Morgan fingerprint density at radius 3 is 2.88 bits per heavy atom. The SMILES string of the molecule is Nc1c(-c2cccnc2)[nH]c2ccc(Cl)cc12. The van der Waals surface area contributed by atoms with Gasteiger partial charge in [0, 0.05) is 33.9 Å². The molecule has 0 unspecified atom stereocenters. The predicted octanol–water partition coefficient (Wildman–Crippen LogP) is 3.47. The van der Waals surface area contributed by atoms with Crippen LogP contribution in [0.15, 0.2) is 42.7 Å². The number of pyridine rings is 1. The molecule has 0 aliphatic rings.